The predicted octanol–water partition coefficient (Wildman–Crippen LogP) is 13.6. The summed E-state index contributed by atoms with van der Waals surface area (Å²) in [5.41, 5.74) is 0. The standard InChI is InChI=1S/C57H109NO11S/c1-3-5-7-9-11-13-15-17-18-19-20-21-22-23-24-25-26-27-28-29-30-31-32-33-35-37-39-41-43-45-47-53(61)58-50(51(60)46-44-42-40-38-36-34-16-14-12-10-8-6-4-2)49-67-57-55(63)56(69-70(64,65)66)54(62)52(48-59)68-57/h23-24,44,46,50-52,54-57,59-60,62-63H,3-22,25-43,45,47-49H2,1-2H3,(H,58,61)(H,64,65,66)/b24-23-,46-44+. The van der Waals surface area contributed by atoms with E-state index in [1.807, 2.05) is 6.08 Å². The molecule has 1 saturated heterocycles. The number of unbranched alkanes of at least 4 members (excludes halogenated alkanes) is 37. The highest BCUT2D eigenvalue weighted by atomic mass is 32.3. The summed E-state index contributed by atoms with van der Waals surface area (Å²) in [7, 11) is -5.09. The molecular formula is C57H109NO11S. The second-order valence-corrected chi connectivity index (χ2v) is 21.6. The molecule has 1 heterocycles. The second kappa shape index (κ2) is 47.3. The van der Waals surface area contributed by atoms with Crippen LogP contribution < -0.4 is 5.32 Å². The molecule has 0 spiro atoms. The van der Waals surface area contributed by atoms with Gasteiger partial charge in [0.15, 0.2) is 6.29 Å². The van der Waals surface area contributed by atoms with Gasteiger partial charge in [0, 0.05) is 6.42 Å². The molecule has 1 amide bonds. The maximum absolute atomic E-state index is 13.1. The van der Waals surface area contributed by atoms with Gasteiger partial charge in [-0.2, -0.15) is 8.42 Å². The molecule has 7 atom stereocenters. The van der Waals surface area contributed by atoms with E-state index in [1.165, 1.54) is 212 Å². The fourth-order valence-electron chi connectivity index (χ4n) is 9.45. The summed E-state index contributed by atoms with van der Waals surface area (Å²) < 4.78 is 47.8. The molecule has 13 heteroatoms. The van der Waals surface area contributed by atoms with Gasteiger partial charge >= 0.3 is 10.4 Å². The first-order valence-electron chi connectivity index (χ1n) is 29.2. The van der Waals surface area contributed by atoms with E-state index < -0.39 is 59.9 Å². The molecule has 1 rings (SSSR count). The first-order chi connectivity index (χ1) is 34.0. The molecule has 7 unspecified atom stereocenters. The minimum Gasteiger partial charge on any atom is -0.394 e. The fourth-order valence-corrected chi connectivity index (χ4v) is 9.96. The van der Waals surface area contributed by atoms with Crippen LogP contribution in [0.2, 0.25) is 0 Å². The zero-order valence-corrected chi connectivity index (χ0v) is 45.7. The number of allylic oxidation sites excluding steroid dienone is 3. The van der Waals surface area contributed by atoms with Gasteiger partial charge in [-0.25, -0.2) is 4.18 Å². The lowest BCUT2D eigenvalue weighted by Gasteiger charge is -2.41. The third-order valence-electron chi connectivity index (χ3n) is 14.0. The van der Waals surface area contributed by atoms with E-state index in [0.29, 0.717) is 6.42 Å². The molecule has 70 heavy (non-hydrogen) atoms. The normalized spacial score (nSPS) is 19.7. The average Bonchev–Trinajstić information content (AvgIpc) is 3.33. The van der Waals surface area contributed by atoms with Gasteiger partial charge in [-0.1, -0.05) is 250 Å². The average molecular weight is 1020 g/mol. The van der Waals surface area contributed by atoms with Crippen LogP contribution in [0.5, 0.6) is 0 Å². The molecule has 0 radical (unpaired) electrons. The summed E-state index contributed by atoms with van der Waals surface area (Å²) in [5.74, 6) is -0.259. The number of nitrogens with one attached hydrogen (secondary N) is 1. The molecule has 0 aromatic heterocycles. The van der Waals surface area contributed by atoms with E-state index in [-0.39, 0.29) is 18.9 Å². The zero-order chi connectivity index (χ0) is 51.2. The van der Waals surface area contributed by atoms with E-state index >= 15 is 0 Å². The van der Waals surface area contributed by atoms with Crippen LogP contribution in [-0.2, 0) is 28.9 Å². The number of aliphatic hydroxyl groups excluding tert-OH is 4. The number of carbonyl (C=O) groups is 1. The second-order valence-electron chi connectivity index (χ2n) is 20.6. The van der Waals surface area contributed by atoms with Crippen molar-refractivity contribution in [1.82, 2.24) is 5.32 Å². The van der Waals surface area contributed by atoms with Crippen molar-refractivity contribution in [2.24, 2.45) is 0 Å². The summed E-state index contributed by atoms with van der Waals surface area (Å²) in [6, 6.07) is -0.941. The minimum atomic E-state index is -5.09. The molecule has 0 aromatic rings. The van der Waals surface area contributed by atoms with Crippen LogP contribution in [-0.4, -0.2) is 95.4 Å². The first kappa shape index (κ1) is 66.6. The van der Waals surface area contributed by atoms with Crippen molar-refractivity contribution < 1.29 is 51.8 Å². The largest absolute Gasteiger partial charge is 0.397 e. The highest BCUT2D eigenvalue weighted by molar-refractivity contribution is 7.80. The molecular weight excluding hydrogens is 907 g/mol. The molecule has 0 saturated carbocycles. The number of ether oxygens (including phenoxy) is 2. The van der Waals surface area contributed by atoms with E-state index in [9.17, 15) is 38.2 Å². The summed E-state index contributed by atoms with van der Waals surface area (Å²) in [6.07, 6.45) is 49.6. The molecule has 0 aromatic carbocycles. The van der Waals surface area contributed by atoms with Crippen molar-refractivity contribution in [3.8, 4) is 0 Å². The summed E-state index contributed by atoms with van der Waals surface area (Å²) in [6.45, 7) is 3.41. The number of carbonyl (C=O) groups excluding carboxylic acids is 1. The summed E-state index contributed by atoms with van der Waals surface area (Å²) in [5, 5.41) is 44.9. The van der Waals surface area contributed by atoms with Gasteiger partial charge in [-0.05, 0) is 44.9 Å². The third-order valence-corrected chi connectivity index (χ3v) is 14.4. The van der Waals surface area contributed by atoms with Crippen molar-refractivity contribution in [2.45, 2.75) is 320 Å². The van der Waals surface area contributed by atoms with Gasteiger partial charge in [0.2, 0.25) is 5.91 Å². The molecule has 1 aliphatic heterocycles. The molecule has 0 bridgehead atoms. The Morgan fingerprint density at radius 3 is 1.29 bits per heavy atom. The number of amides is 1. The number of hydrogen-bond donors (Lipinski definition) is 6. The van der Waals surface area contributed by atoms with Crippen LogP contribution in [0.3, 0.4) is 0 Å². The Labute approximate surface area is 429 Å². The van der Waals surface area contributed by atoms with Crippen molar-refractivity contribution in [3.05, 3.63) is 24.3 Å². The van der Waals surface area contributed by atoms with Crippen LogP contribution in [0, 0.1) is 0 Å². The van der Waals surface area contributed by atoms with Crippen molar-refractivity contribution in [3.63, 3.8) is 0 Å². The van der Waals surface area contributed by atoms with Gasteiger partial charge in [-0.3, -0.25) is 9.35 Å². The van der Waals surface area contributed by atoms with E-state index in [2.05, 4.69) is 35.5 Å². The topological polar surface area (TPSA) is 192 Å². The summed E-state index contributed by atoms with van der Waals surface area (Å²) >= 11 is 0. The minimum absolute atomic E-state index is 0.259. The Kier molecular flexibility index (Phi) is 45.0. The Bertz CT molecular complexity index is 1330. The Morgan fingerprint density at radius 1 is 0.557 bits per heavy atom. The molecule has 1 aliphatic rings. The van der Waals surface area contributed by atoms with Gasteiger partial charge in [0.05, 0.1) is 25.4 Å². The Morgan fingerprint density at radius 2 is 0.914 bits per heavy atom. The first-order valence-corrected chi connectivity index (χ1v) is 30.6. The van der Waals surface area contributed by atoms with E-state index in [1.54, 1.807) is 6.08 Å². The van der Waals surface area contributed by atoms with Gasteiger partial charge < -0.3 is 35.2 Å². The van der Waals surface area contributed by atoms with E-state index in [4.69, 9.17) is 9.47 Å². The fraction of sp³-hybridized carbons (Fsp3) is 0.912. The third kappa shape index (κ3) is 39.1. The lowest BCUT2D eigenvalue weighted by molar-refractivity contribution is -0.298. The highest BCUT2D eigenvalue weighted by Gasteiger charge is 2.48. The smallest absolute Gasteiger partial charge is 0.394 e. The van der Waals surface area contributed by atoms with Gasteiger partial charge in [0.1, 0.15) is 24.4 Å². The molecule has 1 fully saturated rings. The predicted molar refractivity (Wildman–Crippen MR) is 287 cm³/mol. The molecule has 414 valence electrons. The van der Waals surface area contributed by atoms with Crippen LogP contribution in [0.4, 0.5) is 0 Å². The molecule has 12 nitrogen and oxygen atoms in total. The van der Waals surface area contributed by atoms with Crippen molar-refractivity contribution >= 4 is 16.3 Å². The number of rotatable bonds is 51. The van der Waals surface area contributed by atoms with E-state index in [0.717, 1.165) is 38.5 Å². The van der Waals surface area contributed by atoms with Crippen molar-refractivity contribution in [2.75, 3.05) is 13.2 Å². The maximum atomic E-state index is 13.1. The summed E-state index contributed by atoms with van der Waals surface area (Å²) in [4.78, 5) is 13.1. The lowest BCUT2D eigenvalue weighted by atomic mass is 9.99. The van der Waals surface area contributed by atoms with Gasteiger partial charge in [-0.15, -0.1) is 0 Å². The molecule has 0 aliphatic carbocycles. The van der Waals surface area contributed by atoms with Crippen LogP contribution in [0.1, 0.15) is 277 Å². The lowest BCUT2D eigenvalue weighted by Crippen LogP contribution is -2.61. The SMILES string of the molecule is CCCCCCCCCCCCC/C=C/C(O)C(COC1OC(CO)C(O)C(OS(=O)(=O)O)C1O)NC(=O)CCCCCCCCCCCCCCCC/C=C\CCCCCCCCCCCCCC. The monoisotopic (exact) mass is 1020 g/mol. The quantitative estimate of drug-likeness (QED) is 0.0193. The van der Waals surface area contributed by atoms with Gasteiger partial charge in [0.25, 0.3) is 0 Å². The highest BCUT2D eigenvalue weighted by Crippen LogP contribution is 2.26. The van der Waals surface area contributed by atoms with Crippen molar-refractivity contribution in [1.29, 1.82) is 0 Å². The molecule has 6 N–H and O–H groups in total. The zero-order valence-electron chi connectivity index (χ0n) is 44.9. The maximum Gasteiger partial charge on any atom is 0.397 e. The van der Waals surface area contributed by atoms with Crippen LogP contribution in [0.25, 0.3) is 0 Å². The number of aliphatic hydroxyl groups is 4. The number of hydrogen-bond acceptors (Lipinski definition) is 10. The van der Waals surface area contributed by atoms with Crippen LogP contribution in [0.15, 0.2) is 24.3 Å². The Balaban J connectivity index is 2.26. The van der Waals surface area contributed by atoms with Crippen LogP contribution >= 0.6 is 0 Å². The Hall–Kier alpha value is -1.42.